The molecular formula is C16H21ClN2O4S2. The average molecular weight is 405 g/mol. The van der Waals surface area contributed by atoms with E-state index in [2.05, 4.69) is 4.72 Å². The fraction of sp³-hybridized carbons (Fsp3) is 0.438. The SMILES string of the molecule is COC(=O)c1sc2ccccc2c1S(=O)(=O)NC1(CN)CCCC1.Cl. The smallest absolute Gasteiger partial charge is 0.349 e. The van der Waals surface area contributed by atoms with E-state index in [0.29, 0.717) is 18.2 Å². The first-order chi connectivity index (χ1) is 11.4. The molecule has 0 unspecified atom stereocenters. The van der Waals surface area contributed by atoms with Crippen LogP contribution in [0.2, 0.25) is 0 Å². The minimum Gasteiger partial charge on any atom is -0.465 e. The Bertz CT molecular complexity index is 873. The molecule has 6 nitrogen and oxygen atoms in total. The molecule has 1 aromatic heterocycles. The van der Waals surface area contributed by atoms with Crippen LogP contribution in [0.4, 0.5) is 0 Å². The van der Waals surface area contributed by atoms with E-state index in [4.69, 9.17) is 10.5 Å². The predicted molar refractivity (Wildman–Crippen MR) is 101 cm³/mol. The van der Waals surface area contributed by atoms with Gasteiger partial charge in [-0.1, -0.05) is 31.0 Å². The number of fused-ring (bicyclic) bond motifs is 1. The zero-order valence-corrected chi connectivity index (χ0v) is 16.2. The third-order valence-corrected chi connectivity index (χ3v) is 7.43. The first-order valence-corrected chi connectivity index (χ1v) is 10.1. The van der Waals surface area contributed by atoms with Crippen molar-refractivity contribution in [3.05, 3.63) is 29.1 Å². The van der Waals surface area contributed by atoms with Crippen LogP contribution in [0.5, 0.6) is 0 Å². The molecule has 9 heteroatoms. The largest absolute Gasteiger partial charge is 0.465 e. The summed E-state index contributed by atoms with van der Waals surface area (Å²) in [5, 5.41) is 0.528. The number of nitrogens with two attached hydrogens (primary N) is 1. The number of sulfonamides is 1. The molecule has 0 bridgehead atoms. The van der Waals surface area contributed by atoms with Gasteiger partial charge in [0, 0.05) is 22.2 Å². The summed E-state index contributed by atoms with van der Waals surface area (Å²) in [6.07, 6.45) is 3.29. The second-order valence-corrected chi connectivity index (χ2v) is 8.72. The molecule has 1 heterocycles. The van der Waals surface area contributed by atoms with Gasteiger partial charge in [-0.25, -0.2) is 17.9 Å². The molecule has 2 aromatic rings. The summed E-state index contributed by atoms with van der Waals surface area (Å²) in [7, 11) is -2.66. The number of carbonyl (C=O) groups is 1. The summed E-state index contributed by atoms with van der Waals surface area (Å²) >= 11 is 1.12. The van der Waals surface area contributed by atoms with Gasteiger partial charge in [-0.05, 0) is 18.9 Å². The Balaban J connectivity index is 0.00000225. The van der Waals surface area contributed by atoms with Gasteiger partial charge in [-0.2, -0.15) is 0 Å². The Kier molecular flexibility index (Phi) is 6.11. The topological polar surface area (TPSA) is 98.5 Å². The third kappa shape index (κ3) is 3.68. The molecule has 1 aliphatic carbocycles. The summed E-state index contributed by atoms with van der Waals surface area (Å²) in [6, 6.07) is 7.06. The highest BCUT2D eigenvalue weighted by molar-refractivity contribution is 7.90. The van der Waals surface area contributed by atoms with E-state index in [1.807, 2.05) is 6.07 Å². The van der Waals surface area contributed by atoms with Gasteiger partial charge in [-0.15, -0.1) is 23.7 Å². The van der Waals surface area contributed by atoms with Gasteiger partial charge in [0.1, 0.15) is 9.77 Å². The molecule has 1 aliphatic rings. The van der Waals surface area contributed by atoms with Crippen LogP contribution in [-0.4, -0.2) is 33.6 Å². The monoisotopic (exact) mass is 404 g/mol. The maximum absolute atomic E-state index is 13.1. The van der Waals surface area contributed by atoms with E-state index in [0.717, 1.165) is 28.9 Å². The van der Waals surface area contributed by atoms with Gasteiger partial charge in [0.05, 0.1) is 7.11 Å². The number of rotatable bonds is 5. The van der Waals surface area contributed by atoms with Gasteiger partial charge in [0.2, 0.25) is 10.0 Å². The van der Waals surface area contributed by atoms with Crippen molar-refractivity contribution >= 4 is 49.8 Å². The fourth-order valence-corrected chi connectivity index (χ4v) is 6.54. The Hall–Kier alpha value is -1.19. The van der Waals surface area contributed by atoms with Crippen LogP contribution in [0.3, 0.4) is 0 Å². The number of halogens is 1. The van der Waals surface area contributed by atoms with Gasteiger partial charge in [-0.3, -0.25) is 0 Å². The van der Waals surface area contributed by atoms with Crippen molar-refractivity contribution in [1.82, 2.24) is 4.72 Å². The Morgan fingerprint density at radius 2 is 1.96 bits per heavy atom. The predicted octanol–water partition coefficient (Wildman–Crippen LogP) is 2.66. The molecule has 1 fully saturated rings. The minimum absolute atomic E-state index is 0. The van der Waals surface area contributed by atoms with E-state index in [9.17, 15) is 13.2 Å². The Morgan fingerprint density at radius 3 is 2.56 bits per heavy atom. The number of esters is 1. The van der Waals surface area contributed by atoms with Crippen LogP contribution in [0.25, 0.3) is 10.1 Å². The van der Waals surface area contributed by atoms with Crippen molar-refractivity contribution in [2.24, 2.45) is 5.73 Å². The number of benzene rings is 1. The van der Waals surface area contributed by atoms with E-state index < -0.39 is 21.5 Å². The second kappa shape index (κ2) is 7.59. The molecule has 0 aliphatic heterocycles. The lowest BCUT2D eigenvalue weighted by molar-refractivity contribution is 0.0602. The van der Waals surface area contributed by atoms with Crippen molar-refractivity contribution in [2.45, 2.75) is 36.1 Å². The maximum atomic E-state index is 13.1. The maximum Gasteiger partial charge on any atom is 0.349 e. The van der Waals surface area contributed by atoms with Crippen LogP contribution in [-0.2, 0) is 14.8 Å². The number of hydrogen-bond acceptors (Lipinski definition) is 6. The summed E-state index contributed by atoms with van der Waals surface area (Å²) in [6.45, 7) is 0.238. The summed E-state index contributed by atoms with van der Waals surface area (Å²) in [4.78, 5) is 12.2. The number of thiophene rings is 1. The molecular weight excluding hydrogens is 384 g/mol. The highest BCUT2D eigenvalue weighted by Gasteiger charge is 2.39. The first-order valence-electron chi connectivity index (χ1n) is 7.76. The van der Waals surface area contributed by atoms with Crippen molar-refractivity contribution in [2.75, 3.05) is 13.7 Å². The molecule has 1 aromatic carbocycles. The van der Waals surface area contributed by atoms with Crippen molar-refractivity contribution in [3.8, 4) is 0 Å². The van der Waals surface area contributed by atoms with Crippen LogP contribution >= 0.6 is 23.7 Å². The van der Waals surface area contributed by atoms with Crippen molar-refractivity contribution < 1.29 is 17.9 Å². The molecule has 0 amide bonds. The number of methoxy groups -OCH3 is 1. The van der Waals surface area contributed by atoms with E-state index in [1.54, 1.807) is 18.2 Å². The van der Waals surface area contributed by atoms with Gasteiger partial charge in [0.25, 0.3) is 0 Å². The molecule has 1 saturated carbocycles. The fourth-order valence-electron chi connectivity index (χ4n) is 3.25. The van der Waals surface area contributed by atoms with E-state index >= 15 is 0 Å². The van der Waals surface area contributed by atoms with Gasteiger partial charge < -0.3 is 10.5 Å². The lowest BCUT2D eigenvalue weighted by Crippen LogP contribution is -2.51. The molecule has 138 valence electrons. The van der Waals surface area contributed by atoms with Crippen molar-refractivity contribution in [1.29, 1.82) is 0 Å². The van der Waals surface area contributed by atoms with E-state index in [1.165, 1.54) is 7.11 Å². The number of ether oxygens (including phenoxy) is 1. The number of nitrogens with one attached hydrogen (secondary N) is 1. The summed E-state index contributed by atoms with van der Waals surface area (Å²) < 4.78 is 34.5. The van der Waals surface area contributed by atoms with E-state index in [-0.39, 0.29) is 28.7 Å². The van der Waals surface area contributed by atoms with Crippen LogP contribution in [0.15, 0.2) is 29.2 Å². The van der Waals surface area contributed by atoms with Gasteiger partial charge >= 0.3 is 5.97 Å². The van der Waals surface area contributed by atoms with Crippen molar-refractivity contribution in [3.63, 3.8) is 0 Å². The minimum atomic E-state index is -3.90. The molecule has 3 N–H and O–H groups in total. The molecule has 0 saturated heterocycles. The summed E-state index contributed by atoms with van der Waals surface area (Å²) in [5.74, 6) is -0.648. The highest BCUT2D eigenvalue weighted by atomic mass is 35.5. The highest BCUT2D eigenvalue weighted by Crippen LogP contribution is 2.37. The lowest BCUT2D eigenvalue weighted by atomic mass is 10.0. The molecule has 0 radical (unpaired) electrons. The quantitative estimate of drug-likeness (QED) is 0.746. The van der Waals surface area contributed by atoms with Crippen LogP contribution < -0.4 is 10.5 Å². The summed E-state index contributed by atoms with van der Waals surface area (Å²) in [5.41, 5.74) is 5.22. The van der Waals surface area contributed by atoms with Crippen LogP contribution in [0.1, 0.15) is 35.4 Å². The Morgan fingerprint density at radius 1 is 1.32 bits per heavy atom. The molecule has 25 heavy (non-hydrogen) atoms. The molecule has 0 atom stereocenters. The lowest BCUT2D eigenvalue weighted by Gasteiger charge is -2.28. The standard InChI is InChI=1S/C16H20N2O4S2.ClH/c1-22-15(19)13-14(11-6-2-3-7-12(11)23-13)24(20,21)18-16(10-17)8-4-5-9-16;/h2-3,6-7,18H,4-5,8-10,17H2,1H3;1H. The second-order valence-electron chi connectivity index (χ2n) is 6.05. The third-order valence-electron chi connectivity index (χ3n) is 4.49. The average Bonchev–Trinajstić information content (AvgIpc) is 3.18. The Labute approximate surface area is 157 Å². The first kappa shape index (κ1) is 20.1. The normalized spacial score (nSPS) is 16.6. The zero-order chi connectivity index (χ0) is 17.4. The number of carbonyl (C=O) groups excluding carboxylic acids is 1. The molecule has 0 spiro atoms. The molecule has 3 rings (SSSR count). The van der Waals surface area contributed by atoms with Gasteiger partial charge in [0.15, 0.2) is 0 Å². The zero-order valence-electron chi connectivity index (χ0n) is 13.8. The van der Waals surface area contributed by atoms with Crippen LogP contribution in [0, 0.1) is 0 Å². The number of hydrogen-bond donors (Lipinski definition) is 2.